The molecule has 74 valence electrons. The third kappa shape index (κ3) is 1.92. The molecule has 0 amide bonds. The monoisotopic (exact) mass is 231 g/mol. The molecule has 0 fully saturated rings. The number of halogens is 4. The predicted octanol–water partition coefficient (Wildman–Crippen LogP) is 1.71. The first-order chi connectivity index (χ1) is 5.88. The first-order valence-electron chi connectivity index (χ1n) is 3.11. The van der Waals surface area contributed by atoms with Crippen LogP contribution < -0.4 is 5.73 Å². The van der Waals surface area contributed by atoms with Crippen molar-refractivity contribution < 1.29 is 13.2 Å². The minimum atomic E-state index is -4.57. The zero-order valence-corrected chi connectivity index (χ0v) is 7.79. The van der Waals surface area contributed by atoms with Crippen LogP contribution in [0.4, 0.5) is 13.2 Å². The SMILES string of the molecule is NCc1nn(S)c(C(F)(F)F)c1Cl. The fraction of sp³-hybridized carbons (Fsp3) is 0.400. The molecule has 8 heteroatoms. The molecule has 1 rings (SSSR count). The molecular formula is C5H5ClF3N3S. The Labute approximate surface area is 82.2 Å². The fourth-order valence-electron chi connectivity index (χ4n) is 0.801. The molecule has 0 aromatic carbocycles. The highest BCUT2D eigenvalue weighted by Crippen LogP contribution is 2.36. The second-order valence-corrected chi connectivity index (χ2v) is 2.96. The van der Waals surface area contributed by atoms with Crippen molar-refractivity contribution in [1.82, 2.24) is 9.19 Å². The zero-order valence-electron chi connectivity index (χ0n) is 6.14. The van der Waals surface area contributed by atoms with Gasteiger partial charge in [-0.2, -0.15) is 18.3 Å². The molecular weight excluding hydrogens is 227 g/mol. The first kappa shape index (κ1) is 10.7. The lowest BCUT2D eigenvalue weighted by Crippen LogP contribution is -2.09. The van der Waals surface area contributed by atoms with E-state index >= 15 is 0 Å². The summed E-state index contributed by atoms with van der Waals surface area (Å²) in [5.74, 6) is 0. The number of thiol groups is 1. The first-order valence-corrected chi connectivity index (χ1v) is 3.89. The normalized spacial score (nSPS) is 12.2. The van der Waals surface area contributed by atoms with Gasteiger partial charge in [-0.1, -0.05) is 11.6 Å². The largest absolute Gasteiger partial charge is 0.435 e. The Morgan fingerprint density at radius 1 is 1.54 bits per heavy atom. The third-order valence-electron chi connectivity index (χ3n) is 1.34. The summed E-state index contributed by atoms with van der Waals surface area (Å²) in [7, 11) is 0. The van der Waals surface area contributed by atoms with Gasteiger partial charge in [-0.3, -0.25) is 0 Å². The van der Waals surface area contributed by atoms with Gasteiger partial charge in [0.1, 0.15) is 0 Å². The number of nitrogens with two attached hydrogens (primary N) is 1. The maximum Gasteiger partial charge on any atom is 0.435 e. The Bertz CT molecular complexity index is 322. The van der Waals surface area contributed by atoms with Crippen molar-refractivity contribution in [1.29, 1.82) is 0 Å². The Kier molecular flexibility index (Phi) is 2.79. The van der Waals surface area contributed by atoms with Crippen molar-refractivity contribution in [2.24, 2.45) is 5.73 Å². The number of rotatable bonds is 1. The van der Waals surface area contributed by atoms with Crippen LogP contribution in [-0.4, -0.2) is 9.19 Å². The van der Waals surface area contributed by atoms with Crippen LogP contribution in [0.2, 0.25) is 5.02 Å². The molecule has 1 aromatic heterocycles. The number of hydrogen-bond acceptors (Lipinski definition) is 3. The van der Waals surface area contributed by atoms with E-state index in [1.807, 2.05) is 0 Å². The third-order valence-corrected chi connectivity index (χ3v) is 2.03. The second kappa shape index (κ2) is 3.39. The van der Waals surface area contributed by atoms with Gasteiger partial charge >= 0.3 is 6.18 Å². The van der Waals surface area contributed by atoms with E-state index < -0.39 is 16.9 Å². The summed E-state index contributed by atoms with van der Waals surface area (Å²) in [5.41, 5.74) is 3.99. The van der Waals surface area contributed by atoms with E-state index in [-0.39, 0.29) is 12.2 Å². The van der Waals surface area contributed by atoms with Crippen LogP contribution in [0.5, 0.6) is 0 Å². The van der Waals surface area contributed by atoms with Gasteiger partial charge in [0, 0.05) is 6.54 Å². The molecule has 0 aliphatic carbocycles. The Morgan fingerprint density at radius 3 is 2.31 bits per heavy atom. The van der Waals surface area contributed by atoms with Crippen molar-refractivity contribution in [3.8, 4) is 0 Å². The van der Waals surface area contributed by atoms with E-state index in [9.17, 15) is 13.2 Å². The zero-order chi connectivity index (χ0) is 10.2. The summed E-state index contributed by atoms with van der Waals surface area (Å²) < 4.78 is 37.1. The van der Waals surface area contributed by atoms with Crippen molar-refractivity contribution in [3.05, 3.63) is 16.4 Å². The van der Waals surface area contributed by atoms with Gasteiger partial charge in [0.15, 0.2) is 5.69 Å². The summed E-state index contributed by atoms with van der Waals surface area (Å²) in [6, 6.07) is 0. The molecule has 2 N–H and O–H groups in total. The molecule has 0 radical (unpaired) electrons. The van der Waals surface area contributed by atoms with Crippen LogP contribution in [0.1, 0.15) is 11.4 Å². The van der Waals surface area contributed by atoms with Gasteiger partial charge in [0.25, 0.3) is 0 Å². The Morgan fingerprint density at radius 2 is 2.08 bits per heavy atom. The van der Waals surface area contributed by atoms with Crippen LogP contribution in [0.15, 0.2) is 0 Å². The van der Waals surface area contributed by atoms with Crippen molar-refractivity contribution in [2.45, 2.75) is 12.7 Å². The summed E-state index contributed by atoms with van der Waals surface area (Å²) in [6.07, 6.45) is -4.57. The molecule has 0 saturated heterocycles. The standard InChI is InChI=1S/C5H5ClF3N3S/c6-3-2(1-10)11-12(13)4(3)5(7,8)9/h13H,1,10H2. The molecule has 0 aliphatic heterocycles. The number of hydrogen-bond donors (Lipinski definition) is 2. The molecule has 0 spiro atoms. The molecule has 0 unspecified atom stereocenters. The average Bonchev–Trinajstić information content (AvgIpc) is 2.24. The maximum absolute atomic E-state index is 12.2. The average molecular weight is 232 g/mol. The summed E-state index contributed by atoms with van der Waals surface area (Å²) in [5, 5.41) is 2.90. The van der Waals surface area contributed by atoms with Gasteiger partial charge in [-0.05, 0) is 12.8 Å². The fourth-order valence-corrected chi connectivity index (χ4v) is 1.48. The highest BCUT2D eigenvalue weighted by Gasteiger charge is 2.39. The molecule has 1 aromatic rings. The van der Waals surface area contributed by atoms with Crippen LogP contribution in [0.25, 0.3) is 0 Å². The summed E-state index contributed by atoms with van der Waals surface area (Å²) >= 11 is 8.86. The number of nitrogens with zero attached hydrogens (tertiary/aromatic N) is 2. The minimum absolute atomic E-state index is 0.0241. The smallest absolute Gasteiger partial charge is 0.325 e. The summed E-state index contributed by atoms with van der Waals surface area (Å²) in [6.45, 7) is -0.157. The lowest BCUT2D eigenvalue weighted by atomic mass is 10.3. The van der Waals surface area contributed by atoms with Crippen LogP contribution in [0, 0.1) is 0 Å². The molecule has 13 heavy (non-hydrogen) atoms. The van der Waals surface area contributed by atoms with Crippen LogP contribution in [0.3, 0.4) is 0 Å². The quantitative estimate of drug-likeness (QED) is 0.723. The molecule has 0 aliphatic rings. The van der Waals surface area contributed by atoms with Crippen LogP contribution in [-0.2, 0) is 12.7 Å². The van der Waals surface area contributed by atoms with E-state index in [1.165, 1.54) is 0 Å². The molecule has 0 atom stereocenters. The highest BCUT2D eigenvalue weighted by molar-refractivity contribution is 7.78. The van der Waals surface area contributed by atoms with Crippen molar-refractivity contribution in [3.63, 3.8) is 0 Å². The van der Waals surface area contributed by atoms with E-state index in [4.69, 9.17) is 17.3 Å². The lowest BCUT2D eigenvalue weighted by molar-refractivity contribution is -0.141. The minimum Gasteiger partial charge on any atom is -0.325 e. The van der Waals surface area contributed by atoms with Gasteiger partial charge < -0.3 is 5.73 Å². The summed E-state index contributed by atoms with van der Waals surface area (Å²) in [4.78, 5) is 0. The number of alkyl halides is 3. The van der Waals surface area contributed by atoms with Gasteiger partial charge in [0.05, 0.1) is 10.7 Å². The maximum atomic E-state index is 12.2. The van der Waals surface area contributed by atoms with E-state index in [0.717, 1.165) is 0 Å². The van der Waals surface area contributed by atoms with E-state index in [2.05, 4.69) is 17.9 Å². The Balaban J connectivity index is 3.29. The van der Waals surface area contributed by atoms with Crippen molar-refractivity contribution in [2.75, 3.05) is 0 Å². The molecule has 0 saturated carbocycles. The predicted molar refractivity (Wildman–Crippen MR) is 44.5 cm³/mol. The highest BCUT2D eigenvalue weighted by atomic mass is 35.5. The van der Waals surface area contributed by atoms with Crippen LogP contribution >= 0.6 is 24.4 Å². The number of aromatic nitrogens is 2. The lowest BCUT2D eigenvalue weighted by Gasteiger charge is -2.05. The molecule has 0 bridgehead atoms. The topological polar surface area (TPSA) is 43.8 Å². The molecule has 3 nitrogen and oxygen atoms in total. The van der Waals surface area contributed by atoms with Gasteiger partial charge in [0.2, 0.25) is 0 Å². The molecule has 1 heterocycles. The van der Waals surface area contributed by atoms with E-state index in [0.29, 0.717) is 4.09 Å². The van der Waals surface area contributed by atoms with Crippen molar-refractivity contribution >= 4 is 24.4 Å². The van der Waals surface area contributed by atoms with E-state index in [1.54, 1.807) is 0 Å². The van der Waals surface area contributed by atoms with Gasteiger partial charge in [-0.15, -0.1) is 0 Å². The Hall–Kier alpha value is -0.400. The van der Waals surface area contributed by atoms with Gasteiger partial charge in [-0.25, -0.2) is 4.09 Å². The second-order valence-electron chi connectivity index (χ2n) is 2.20.